The van der Waals surface area contributed by atoms with Crippen LogP contribution in [0.2, 0.25) is 0 Å². The Balaban J connectivity index is 0.000000671. The van der Waals surface area contributed by atoms with Crippen molar-refractivity contribution in [3.05, 3.63) is 33.4 Å². The molecule has 1 N–H and O–H groups in total. The minimum absolute atomic E-state index is 0.0573. The first-order valence-electron chi connectivity index (χ1n) is 4.26. The molecule has 0 unspecified atom stereocenters. The lowest BCUT2D eigenvalue weighted by Crippen LogP contribution is -2.00. The van der Waals surface area contributed by atoms with Gasteiger partial charge in [0, 0.05) is 0 Å². The average molecular weight is 197 g/mol. The van der Waals surface area contributed by atoms with E-state index in [1.807, 2.05) is 32.9 Å². The van der Waals surface area contributed by atoms with Gasteiger partial charge in [-0.3, -0.25) is 9.17 Å². The number of allylic oxidation sites excluding steroid dienone is 1. The standard InChI is InChI=1S/C8H9NOS.C2H6/c1-3-5-7-6(4-2)8(10)9-11-7;1-2/h3-5H,2H2,1H3,(H,9,10);1-2H3/b5-3-;. The molecule has 0 atom stereocenters. The minimum atomic E-state index is -0.0573. The molecule has 0 radical (unpaired) electrons. The summed E-state index contributed by atoms with van der Waals surface area (Å²) in [5.74, 6) is 0. The molecule has 0 bridgehead atoms. The number of rotatable bonds is 2. The van der Waals surface area contributed by atoms with Crippen LogP contribution >= 0.6 is 11.5 Å². The molecule has 0 saturated heterocycles. The van der Waals surface area contributed by atoms with Crippen LogP contribution in [0.1, 0.15) is 31.2 Å². The first kappa shape index (κ1) is 11.9. The summed E-state index contributed by atoms with van der Waals surface area (Å²) in [6.45, 7) is 9.47. The van der Waals surface area contributed by atoms with E-state index in [4.69, 9.17) is 0 Å². The molecule has 13 heavy (non-hydrogen) atoms. The van der Waals surface area contributed by atoms with Gasteiger partial charge in [0.2, 0.25) is 0 Å². The lowest BCUT2D eigenvalue weighted by Gasteiger charge is -1.83. The smallest absolute Gasteiger partial charge is 0.265 e. The predicted octanol–water partition coefficient (Wildman–Crippen LogP) is 3.14. The highest BCUT2D eigenvalue weighted by molar-refractivity contribution is 7.07. The lowest BCUT2D eigenvalue weighted by atomic mass is 10.2. The maximum atomic E-state index is 11.0. The molecule has 1 rings (SSSR count). The second-order valence-corrected chi connectivity index (χ2v) is 2.86. The van der Waals surface area contributed by atoms with Crippen molar-refractivity contribution in [1.29, 1.82) is 0 Å². The number of H-pyrrole nitrogens is 1. The summed E-state index contributed by atoms with van der Waals surface area (Å²) in [6.07, 6.45) is 5.36. The highest BCUT2D eigenvalue weighted by Gasteiger charge is 2.01. The summed E-state index contributed by atoms with van der Waals surface area (Å²) in [4.78, 5) is 11.9. The third-order valence-corrected chi connectivity index (χ3v) is 2.15. The number of aromatic nitrogens is 1. The van der Waals surface area contributed by atoms with Crippen LogP contribution in [-0.4, -0.2) is 4.37 Å². The Morgan fingerprint density at radius 2 is 2.08 bits per heavy atom. The van der Waals surface area contributed by atoms with Crippen molar-refractivity contribution in [3.8, 4) is 0 Å². The molecule has 0 aliphatic rings. The topological polar surface area (TPSA) is 32.9 Å². The Morgan fingerprint density at radius 3 is 2.54 bits per heavy atom. The van der Waals surface area contributed by atoms with Crippen molar-refractivity contribution < 1.29 is 0 Å². The van der Waals surface area contributed by atoms with Crippen molar-refractivity contribution in [2.75, 3.05) is 0 Å². The van der Waals surface area contributed by atoms with Gasteiger partial charge in [-0.25, -0.2) is 0 Å². The van der Waals surface area contributed by atoms with Crippen LogP contribution in [-0.2, 0) is 0 Å². The third kappa shape index (κ3) is 3.03. The zero-order chi connectivity index (χ0) is 10.3. The molecule has 0 amide bonds. The van der Waals surface area contributed by atoms with Crippen LogP contribution in [0.3, 0.4) is 0 Å². The molecule has 1 heterocycles. The zero-order valence-electron chi connectivity index (χ0n) is 8.26. The summed E-state index contributed by atoms with van der Waals surface area (Å²) in [6, 6.07) is 0. The summed E-state index contributed by atoms with van der Waals surface area (Å²) in [7, 11) is 0. The maximum Gasteiger partial charge on any atom is 0.265 e. The average Bonchev–Trinajstić information content (AvgIpc) is 2.51. The second-order valence-electron chi connectivity index (χ2n) is 2.02. The number of hydrogen-bond acceptors (Lipinski definition) is 2. The van der Waals surface area contributed by atoms with E-state index in [1.165, 1.54) is 11.5 Å². The van der Waals surface area contributed by atoms with Gasteiger partial charge in [0.25, 0.3) is 5.56 Å². The van der Waals surface area contributed by atoms with E-state index in [0.29, 0.717) is 5.56 Å². The fraction of sp³-hybridized carbons (Fsp3) is 0.300. The summed E-state index contributed by atoms with van der Waals surface area (Å²) in [5.41, 5.74) is 0.603. The summed E-state index contributed by atoms with van der Waals surface area (Å²) < 4.78 is 2.64. The molecular formula is C10H15NOS. The van der Waals surface area contributed by atoms with Crippen LogP contribution in [0, 0.1) is 0 Å². The van der Waals surface area contributed by atoms with E-state index in [2.05, 4.69) is 11.0 Å². The van der Waals surface area contributed by atoms with Gasteiger partial charge >= 0.3 is 0 Å². The van der Waals surface area contributed by atoms with E-state index in [1.54, 1.807) is 6.08 Å². The van der Waals surface area contributed by atoms with E-state index in [9.17, 15) is 4.79 Å². The van der Waals surface area contributed by atoms with E-state index in [0.717, 1.165) is 4.88 Å². The molecule has 1 aromatic heterocycles. The third-order valence-electron chi connectivity index (χ3n) is 1.29. The van der Waals surface area contributed by atoms with Crippen molar-refractivity contribution in [3.63, 3.8) is 0 Å². The molecule has 0 spiro atoms. The Hall–Kier alpha value is -1.09. The molecule has 0 aliphatic carbocycles. The quantitative estimate of drug-likeness (QED) is 0.776. The van der Waals surface area contributed by atoms with Crippen molar-refractivity contribution in [2.45, 2.75) is 20.8 Å². The van der Waals surface area contributed by atoms with E-state index < -0.39 is 0 Å². The van der Waals surface area contributed by atoms with Gasteiger partial charge in [-0.2, -0.15) is 0 Å². The molecule has 2 nitrogen and oxygen atoms in total. The van der Waals surface area contributed by atoms with E-state index in [-0.39, 0.29) is 5.56 Å². The van der Waals surface area contributed by atoms with Gasteiger partial charge in [0.1, 0.15) is 0 Å². The fourth-order valence-corrected chi connectivity index (χ4v) is 1.59. The summed E-state index contributed by atoms with van der Waals surface area (Å²) in [5, 5.41) is 0. The van der Waals surface area contributed by atoms with Crippen LogP contribution in [0.4, 0.5) is 0 Å². The van der Waals surface area contributed by atoms with Gasteiger partial charge in [0.05, 0.1) is 10.4 Å². The largest absolute Gasteiger partial charge is 0.277 e. The van der Waals surface area contributed by atoms with Crippen LogP contribution in [0.25, 0.3) is 12.2 Å². The number of aromatic amines is 1. The lowest BCUT2D eigenvalue weighted by molar-refractivity contribution is 1.41. The van der Waals surface area contributed by atoms with Crippen LogP contribution < -0.4 is 5.56 Å². The monoisotopic (exact) mass is 197 g/mol. The Bertz CT molecular complexity index is 333. The normalized spacial score (nSPS) is 9.46. The number of nitrogens with one attached hydrogen (secondary N) is 1. The Kier molecular flexibility index (Phi) is 5.89. The molecule has 72 valence electrons. The van der Waals surface area contributed by atoms with Gasteiger partial charge in [-0.1, -0.05) is 44.1 Å². The van der Waals surface area contributed by atoms with Gasteiger partial charge < -0.3 is 0 Å². The first-order chi connectivity index (χ1) is 6.29. The highest BCUT2D eigenvalue weighted by Crippen LogP contribution is 2.11. The second kappa shape index (κ2) is 6.43. The molecular weight excluding hydrogens is 182 g/mol. The van der Waals surface area contributed by atoms with Gasteiger partial charge in [-0.05, 0) is 13.0 Å². The number of hydrogen-bond donors (Lipinski definition) is 1. The van der Waals surface area contributed by atoms with Crippen molar-refractivity contribution >= 4 is 23.7 Å². The first-order valence-corrected chi connectivity index (χ1v) is 5.08. The predicted molar refractivity (Wildman–Crippen MR) is 61.1 cm³/mol. The summed E-state index contributed by atoms with van der Waals surface area (Å²) >= 11 is 1.33. The molecule has 0 fully saturated rings. The molecule has 0 aromatic carbocycles. The van der Waals surface area contributed by atoms with Crippen LogP contribution in [0.15, 0.2) is 17.4 Å². The Morgan fingerprint density at radius 1 is 1.46 bits per heavy atom. The molecule has 0 saturated carbocycles. The fourth-order valence-electron chi connectivity index (χ4n) is 0.792. The van der Waals surface area contributed by atoms with E-state index >= 15 is 0 Å². The molecule has 0 aliphatic heterocycles. The molecule has 1 aromatic rings. The highest BCUT2D eigenvalue weighted by atomic mass is 32.1. The minimum Gasteiger partial charge on any atom is -0.277 e. The zero-order valence-corrected chi connectivity index (χ0v) is 9.07. The van der Waals surface area contributed by atoms with Gasteiger partial charge in [-0.15, -0.1) is 0 Å². The van der Waals surface area contributed by atoms with Crippen molar-refractivity contribution in [1.82, 2.24) is 4.37 Å². The maximum absolute atomic E-state index is 11.0. The van der Waals surface area contributed by atoms with Crippen LogP contribution in [0.5, 0.6) is 0 Å². The van der Waals surface area contributed by atoms with Gasteiger partial charge in [0.15, 0.2) is 0 Å². The SMILES string of the molecule is C=Cc1c(/C=C\C)s[nH]c1=O.CC. The molecule has 3 heteroatoms. The Labute approximate surface area is 82.8 Å². The van der Waals surface area contributed by atoms with Crippen molar-refractivity contribution in [2.24, 2.45) is 0 Å².